The number of para-hydroxylation sites is 1. The molecule has 148 valence electrons. The molecule has 0 fully saturated rings. The van der Waals surface area contributed by atoms with Gasteiger partial charge in [0.05, 0.1) is 18.4 Å². The van der Waals surface area contributed by atoms with Crippen molar-refractivity contribution in [1.29, 1.82) is 0 Å². The Morgan fingerprint density at radius 1 is 0.867 bits per heavy atom. The van der Waals surface area contributed by atoms with Crippen LogP contribution in [-0.2, 0) is 9.53 Å². The van der Waals surface area contributed by atoms with Crippen molar-refractivity contribution in [1.82, 2.24) is 4.40 Å². The van der Waals surface area contributed by atoms with Crippen LogP contribution in [0.5, 0.6) is 0 Å². The molecule has 0 aliphatic rings. The van der Waals surface area contributed by atoms with Gasteiger partial charge in [0.25, 0.3) is 11.7 Å². The molecule has 0 atom stereocenters. The molecule has 0 aliphatic heterocycles. The fourth-order valence-electron chi connectivity index (χ4n) is 3.36. The van der Waals surface area contributed by atoms with Crippen LogP contribution in [-0.4, -0.2) is 29.2 Å². The number of rotatable bonds is 5. The number of fused-ring (bicyclic) bond motifs is 1. The summed E-state index contributed by atoms with van der Waals surface area (Å²) in [5.74, 6) is -2.15. The molecule has 2 heterocycles. The molecule has 30 heavy (non-hydrogen) atoms. The largest absolute Gasteiger partial charge is 0.465 e. The molecule has 0 saturated carbocycles. The number of hydrogen-bond donors (Lipinski definition) is 1. The number of anilines is 1. The van der Waals surface area contributed by atoms with Gasteiger partial charge in [0.15, 0.2) is 0 Å². The molecule has 2 aromatic carbocycles. The van der Waals surface area contributed by atoms with E-state index in [0.29, 0.717) is 5.56 Å². The fourth-order valence-corrected chi connectivity index (χ4v) is 3.36. The lowest BCUT2D eigenvalue weighted by Crippen LogP contribution is -2.25. The molecule has 4 rings (SSSR count). The highest BCUT2D eigenvalue weighted by atomic mass is 16.5. The first-order valence-electron chi connectivity index (χ1n) is 9.28. The summed E-state index contributed by atoms with van der Waals surface area (Å²) in [5.41, 5.74) is 2.91. The molecular formula is C24H18N2O4. The topological polar surface area (TPSA) is 76.9 Å². The Kier molecular flexibility index (Phi) is 5.13. The average Bonchev–Trinajstić information content (AvgIpc) is 3.18. The van der Waals surface area contributed by atoms with E-state index < -0.39 is 17.7 Å². The molecule has 1 N–H and O–H groups in total. The first-order chi connectivity index (χ1) is 14.6. The Labute approximate surface area is 172 Å². The predicted octanol–water partition coefficient (Wildman–Crippen LogP) is 4.21. The van der Waals surface area contributed by atoms with Gasteiger partial charge in [-0.25, -0.2) is 4.79 Å². The third kappa shape index (κ3) is 3.46. The van der Waals surface area contributed by atoms with E-state index in [0.717, 1.165) is 11.1 Å². The standard InChI is InChI=1S/C24H18N2O4/c1-30-24(29)18-12-5-6-13-20(18)25-23(28)22(27)21-19(16-9-3-2-4-10-16)15-17-11-7-8-14-26(17)21/h2-15H,1H3,(H,25,28). The molecule has 0 spiro atoms. The Morgan fingerprint density at radius 3 is 2.33 bits per heavy atom. The molecule has 1 amide bonds. The molecule has 4 aromatic rings. The molecule has 6 nitrogen and oxygen atoms in total. The van der Waals surface area contributed by atoms with Crippen molar-refractivity contribution in [2.75, 3.05) is 12.4 Å². The maximum Gasteiger partial charge on any atom is 0.339 e. The van der Waals surface area contributed by atoms with Crippen molar-refractivity contribution >= 4 is 28.9 Å². The van der Waals surface area contributed by atoms with Gasteiger partial charge in [0, 0.05) is 17.3 Å². The van der Waals surface area contributed by atoms with Crippen LogP contribution in [0.2, 0.25) is 0 Å². The van der Waals surface area contributed by atoms with E-state index in [1.54, 1.807) is 34.9 Å². The van der Waals surface area contributed by atoms with Gasteiger partial charge < -0.3 is 14.5 Å². The molecule has 0 bridgehead atoms. The second-order valence-electron chi connectivity index (χ2n) is 6.59. The van der Waals surface area contributed by atoms with Crippen molar-refractivity contribution < 1.29 is 19.1 Å². The lowest BCUT2D eigenvalue weighted by atomic mass is 10.0. The number of nitrogens with zero attached hydrogens (tertiary/aromatic N) is 1. The van der Waals surface area contributed by atoms with Crippen molar-refractivity contribution in [3.05, 3.63) is 96.3 Å². The Hall–Kier alpha value is -4.19. The number of ketones is 1. The third-order valence-corrected chi connectivity index (χ3v) is 4.77. The minimum Gasteiger partial charge on any atom is -0.465 e. The van der Waals surface area contributed by atoms with Gasteiger partial charge in [-0.3, -0.25) is 9.59 Å². The lowest BCUT2D eigenvalue weighted by molar-refractivity contribution is -0.112. The zero-order valence-electron chi connectivity index (χ0n) is 16.2. The average molecular weight is 398 g/mol. The predicted molar refractivity (Wildman–Crippen MR) is 114 cm³/mol. The Balaban J connectivity index is 1.76. The van der Waals surface area contributed by atoms with E-state index in [9.17, 15) is 14.4 Å². The van der Waals surface area contributed by atoms with E-state index in [4.69, 9.17) is 4.74 Å². The molecule has 0 unspecified atom stereocenters. The van der Waals surface area contributed by atoms with Gasteiger partial charge in [-0.05, 0) is 35.9 Å². The molecule has 0 aliphatic carbocycles. The fraction of sp³-hybridized carbons (Fsp3) is 0.0417. The number of methoxy groups -OCH3 is 1. The number of esters is 1. The number of carbonyl (C=O) groups is 3. The molecule has 0 saturated heterocycles. The summed E-state index contributed by atoms with van der Waals surface area (Å²) in [6.07, 6.45) is 1.74. The van der Waals surface area contributed by atoms with Crippen LogP contribution in [0.4, 0.5) is 5.69 Å². The maximum atomic E-state index is 13.2. The number of pyridine rings is 1. The molecular weight excluding hydrogens is 380 g/mol. The highest BCUT2D eigenvalue weighted by Gasteiger charge is 2.26. The quantitative estimate of drug-likeness (QED) is 0.310. The summed E-state index contributed by atoms with van der Waals surface area (Å²) in [6.45, 7) is 0. The summed E-state index contributed by atoms with van der Waals surface area (Å²) in [5, 5.41) is 2.55. The van der Waals surface area contributed by atoms with E-state index in [2.05, 4.69) is 5.32 Å². The molecule has 0 radical (unpaired) electrons. The second-order valence-corrected chi connectivity index (χ2v) is 6.59. The van der Waals surface area contributed by atoms with Crippen molar-refractivity contribution in [2.24, 2.45) is 0 Å². The van der Waals surface area contributed by atoms with E-state index >= 15 is 0 Å². The summed E-state index contributed by atoms with van der Waals surface area (Å²) in [7, 11) is 1.25. The van der Waals surface area contributed by atoms with Crippen LogP contribution in [0.1, 0.15) is 20.8 Å². The third-order valence-electron chi connectivity index (χ3n) is 4.77. The Morgan fingerprint density at radius 2 is 1.57 bits per heavy atom. The zero-order chi connectivity index (χ0) is 21.1. The monoisotopic (exact) mass is 398 g/mol. The highest BCUT2D eigenvalue weighted by Crippen LogP contribution is 2.28. The molecule has 2 aromatic heterocycles. The van der Waals surface area contributed by atoms with Gasteiger partial charge in [0.2, 0.25) is 0 Å². The van der Waals surface area contributed by atoms with Crippen LogP contribution in [0.15, 0.2) is 85.1 Å². The van der Waals surface area contributed by atoms with Crippen LogP contribution in [0.3, 0.4) is 0 Å². The number of benzene rings is 2. The summed E-state index contributed by atoms with van der Waals surface area (Å²) >= 11 is 0. The van der Waals surface area contributed by atoms with Gasteiger partial charge >= 0.3 is 5.97 Å². The van der Waals surface area contributed by atoms with Gasteiger partial charge in [-0.1, -0.05) is 48.5 Å². The number of ether oxygens (including phenoxy) is 1. The highest BCUT2D eigenvalue weighted by molar-refractivity contribution is 6.47. The normalized spacial score (nSPS) is 10.6. The number of hydrogen-bond acceptors (Lipinski definition) is 4. The van der Waals surface area contributed by atoms with Crippen molar-refractivity contribution in [3.63, 3.8) is 0 Å². The number of aromatic nitrogens is 1. The maximum absolute atomic E-state index is 13.2. The Bertz CT molecular complexity index is 1260. The lowest BCUT2D eigenvalue weighted by Gasteiger charge is -2.10. The van der Waals surface area contributed by atoms with Crippen molar-refractivity contribution in [2.45, 2.75) is 0 Å². The van der Waals surface area contributed by atoms with E-state index in [1.807, 2.05) is 48.5 Å². The first kappa shape index (κ1) is 19.1. The van der Waals surface area contributed by atoms with Crippen molar-refractivity contribution in [3.8, 4) is 11.1 Å². The van der Waals surface area contributed by atoms with E-state index in [1.165, 1.54) is 13.2 Å². The number of carbonyl (C=O) groups excluding carboxylic acids is 3. The van der Waals surface area contributed by atoms with Crippen LogP contribution >= 0.6 is 0 Å². The number of nitrogens with one attached hydrogen (secondary N) is 1. The van der Waals surface area contributed by atoms with Gasteiger partial charge in [-0.15, -0.1) is 0 Å². The van der Waals surface area contributed by atoms with Crippen LogP contribution in [0, 0.1) is 0 Å². The summed E-state index contributed by atoms with van der Waals surface area (Å²) in [6, 6.07) is 23.2. The first-order valence-corrected chi connectivity index (χ1v) is 9.28. The van der Waals surface area contributed by atoms with Gasteiger partial charge in [-0.2, -0.15) is 0 Å². The van der Waals surface area contributed by atoms with Crippen LogP contribution < -0.4 is 5.32 Å². The number of amides is 1. The van der Waals surface area contributed by atoms with E-state index in [-0.39, 0.29) is 16.9 Å². The number of Topliss-reactive ketones (excluding diaryl/α,β-unsaturated/α-hetero) is 1. The zero-order valence-corrected chi connectivity index (χ0v) is 16.2. The second kappa shape index (κ2) is 8.05. The summed E-state index contributed by atoms with van der Waals surface area (Å²) < 4.78 is 6.44. The SMILES string of the molecule is COC(=O)c1ccccc1NC(=O)C(=O)c1c(-c2ccccc2)cc2ccccn12. The minimum absolute atomic E-state index is 0.171. The minimum atomic E-state index is -0.840. The molecule has 6 heteroatoms. The van der Waals surface area contributed by atoms with Gasteiger partial charge in [0.1, 0.15) is 5.69 Å². The van der Waals surface area contributed by atoms with Crippen LogP contribution in [0.25, 0.3) is 16.6 Å². The summed E-state index contributed by atoms with van der Waals surface area (Å²) in [4.78, 5) is 38.1. The smallest absolute Gasteiger partial charge is 0.339 e.